The van der Waals surface area contributed by atoms with Gasteiger partial charge >= 0.3 is 6.09 Å². The number of nitrogens with zero attached hydrogens (tertiary/aromatic N) is 1. The summed E-state index contributed by atoms with van der Waals surface area (Å²) in [5, 5.41) is 0.640. The first kappa shape index (κ1) is 20.8. The predicted octanol–water partition coefficient (Wildman–Crippen LogP) is 6.94. The number of aryl methyl sites for hydroxylation is 1. The number of methoxy groups -OCH3 is 1. The zero-order chi connectivity index (χ0) is 21.1. The van der Waals surface area contributed by atoms with Crippen LogP contribution in [-0.4, -0.2) is 13.2 Å². The standard InChI is InChI=1S/C24H21BrClNO3/c1-29-20-10-7-17(8-11-20)22-12-9-18-13-19(26)14-21(25)23(18)27(22)24(28)30-15-16-5-3-2-4-6-16/h2-8,10-11,13-14,22H,9,12,15H2,1H3. The number of hydrogen-bond acceptors (Lipinski definition) is 3. The second-order valence-corrected chi connectivity index (χ2v) is 8.42. The molecule has 1 unspecified atom stereocenters. The van der Waals surface area contributed by atoms with Crippen molar-refractivity contribution in [1.82, 2.24) is 0 Å². The number of benzene rings is 3. The third-order valence-electron chi connectivity index (χ3n) is 5.25. The van der Waals surface area contributed by atoms with Crippen LogP contribution < -0.4 is 9.64 Å². The van der Waals surface area contributed by atoms with Gasteiger partial charge < -0.3 is 9.47 Å². The summed E-state index contributed by atoms with van der Waals surface area (Å²) in [6, 6.07) is 21.1. The van der Waals surface area contributed by atoms with E-state index in [-0.39, 0.29) is 18.7 Å². The Morgan fingerprint density at radius 3 is 2.57 bits per heavy atom. The molecule has 154 valence electrons. The van der Waals surface area contributed by atoms with Crippen LogP contribution in [0.5, 0.6) is 5.75 Å². The third kappa shape index (κ3) is 4.32. The minimum absolute atomic E-state index is 0.149. The molecule has 0 aromatic heterocycles. The minimum atomic E-state index is -0.386. The first-order chi connectivity index (χ1) is 14.6. The predicted molar refractivity (Wildman–Crippen MR) is 122 cm³/mol. The molecule has 0 spiro atoms. The van der Waals surface area contributed by atoms with Crippen molar-refractivity contribution in [1.29, 1.82) is 0 Å². The minimum Gasteiger partial charge on any atom is -0.497 e. The Morgan fingerprint density at radius 2 is 1.87 bits per heavy atom. The zero-order valence-electron chi connectivity index (χ0n) is 16.5. The highest BCUT2D eigenvalue weighted by Gasteiger charge is 2.35. The van der Waals surface area contributed by atoms with Crippen molar-refractivity contribution in [2.75, 3.05) is 12.0 Å². The highest BCUT2D eigenvalue weighted by molar-refractivity contribution is 9.10. The van der Waals surface area contributed by atoms with Gasteiger partial charge in [-0.15, -0.1) is 0 Å². The normalized spacial score (nSPS) is 15.4. The van der Waals surface area contributed by atoms with Gasteiger partial charge in [-0.05, 0) is 69.7 Å². The fraction of sp³-hybridized carbons (Fsp3) is 0.208. The van der Waals surface area contributed by atoms with Crippen LogP contribution in [0.1, 0.15) is 29.2 Å². The van der Waals surface area contributed by atoms with Crippen LogP contribution in [0.2, 0.25) is 5.02 Å². The summed E-state index contributed by atoms with van der Waals surface area (Å²) in [6.07, 6.45) is 1.20. The van der Waals surface area contributed by atoms with Gasteiger partial charge in [0.2, 0.25) is 0 Å². The van der Waals surface area contributed by atoms with Crippen LogP contribution in [-0.2, 0) is 17.8 Å². The molecule has 3 aromatic rings. The summed E-state index contributed by atoms with van der Waals surface area (Å²) in [5.41, 5.74) is 3.81. The van der Waals surface area contributed by atoms with E-state index in [1.807, 2.05) is 66.7 Å². The number of fused-ring (bicyclic) bond motifs is 1. The van der Waals surface area contributed by atoms with Crippen LogP contribution in [0.15, 0.2) is 71.2 Å². The van der Waals surface area contributed by atoms with Gasteiger partial charge in [0.25, 0.3) is 0 Å². The van der Waals surface area contributed by atoms with Crippen LogP contribution in [0.3, 0.4) is 0 Å². The molecule has 0 fully saturated rings. The van der Waals surface area contributed by atoms with E-state index in [4.69, 9.17) is 21.1 Å². The molecule has 0 saturated carbocycles. The molecule has 4 rings (SSSR count). The number of hydrogen-bond donors (Lipinski definition) is 0. The lowest BCUT2D eigenvalue weighted by Gasteiger charge is -2.37. The highest BCUT2D eigenvalue weighted by atomic mass is 79.9. The fourth-order valence-corrected chi connectivity index (χ4v) is 4.87. The smallest absolute Gasteiger partial charge is 0.415 e. The molecular weight excluding hydrogens is 466 g/mol. The van der Waals surface area contributed by atoms with Crippen LogP contribution >= 0.6 is 27.5 Å². The van der Waals surface area contributed by atoms with Crippen LogP contribution in [0.4, 0.5) is 10.5 Å². The van der Waals surface area contributed by atoms with Crippen LogP contribution in [0, 0.1) is 0 Å². The molecule has 4 nitrogen and oxygen atoms in total. The van der Waals surface area contributed by atoms with Gasteiger partial charge in [0.15, 0.2) is 0 Å². The Hall–Kier alpha value is -2.50. The number of carbonyl (C=O) groups excluding carboxylic acids is 1. The first-order valence-corrected chi connectivity index (χ1v) is 10.9. The number of halogens is 2. The van der Waals surface area contributed by atoms with E-state index >= 15 is 0 Å². The number of amides is 1. The maximum absolute atomic E-state index is 13.3. The maximum Gasteiger partial charge on any atom is 0.415 e. The molecule has 1 heterocycles. The molecule has 30 heavy (non-hydrogen) atoms. The van der Waals surface area contributed by atoms with Crippen molar-refractivity contribution in [3.05, 3.63) is 92.9 Å². The van der Waals surface area contributed by atoms with E-state index in [1.54, 1.807) is 12.0 Å². The van der Waals surface area contributed by atoms with Gasteiger partial charge in [0.05, 0.1) is 18.8 Å². The lowest BCUT2D eigenvalue weighted by atomic mass is 9.91. The Balaban J connectivity index is 1.69. The van der Waals surface area contributed by atoms with Crippen molar-refractivity contribution in [2.24, 2.45) is 0 Å². The van der Waals surface area contributed by atoms with Crippen molar-refractivity contribution < 1.29 is 14.3 Å². The molecule has 0 aliphatic carbocycles. The highest BCUT2D eigenvalue weighted by Crippen LogP contribution is 2.44. The number of ether oxygens (including phenoxy) is 2. The second-order valence-electron chi connectivity index (χ2n) is 7.13. The Labute approximate surface area is 189 Å². The topological polar surface area (TPSA) is 38.8 Å². The first-order valence-electron chi connectivity index (χ1n) is 9.68. The van der Waals surface area contributed by atoms with Gasteiger partial charge in [0.1, 0.15) is 12.4 Å². The van der Waals surface area contributed by atoms with Gasteiger partial charge in [-0.3, -0.25) is 4.90 Å². The Bertz CT molecular complexity index is 1040. The summed E-state index contributed by atoms with van der Waals surface area (Å²) < 4.78 is 11.8. The average molecular weight is 487 g/mol. The van der Waals surface area contributed by atoms with E-state index in [0.29, 0.717) is 5.02 Å². The molecule has 1 atom stereocenters. The van der Waals surface area contributed by atoms with Gasteiger partial charge in [-0.2, -0.15) is 0 Å². The van der Waals surface area contributed by atoms with Crippen LogP contribution in [0.25, 0.3) is 0 Å². The summed E-state index contributed by atoms with van der Waals surface area (Å²) in [6.45, 7) is 0.214. The molecule has 0 saturated heterocycles. The molecule has 6 heteroatoms. The molecule has 1 amide bonds. The number of carbonyl (C=O) groups is 1. The maximum atomic E-state index is 13.3. The Kier molecular flexibility index (Phi) is 6.30. The van der Waals surface area contributed by atoms with Gasteiger partial charge in [-0.1, -0.05) is 54.1 Å². The van der Waals surface area contributed by atoms with E-state index in [9.17, 15) is 4.79 Å². The monoisotopic (exact) mass is 485 g/mol. The lowest BCUT2D eigenvalue weighted by molar-refractivity contribution is 0.143. The largest absolute Gasteiger partial charge is 0.497 e. The fourth-order valence-electron chi connectivity index (χ4n) is 3.81. The second kappa shape index (κ2) is 9.11. The van der Waals surface area contributed by atoms with Crippen molar-refractivity contribution in [3.63, 3.8) is 0 Å². The van der Waals surface area contributed by atoms with E-state index < -0.39 is 0 Å². The molecule has 0 N–H and O–H groups in total. The SMILES string of the molecule is COc1ccc(C2CCc3cc(Cl)cc(Br)c3N2C(=O)OCc2ccccc2)cc1. The van der Waals surface area contributed by atoms with E-state index in [2.05, 4.69) is 15.9 Å². The number of rotatable bonds is 4. The Morgan fingerprint density at radius 1 is 1.13 bits per heavy atom. The molecule has 1 aliphatic rings. The van der Waals surface area contributed by atoms with Gasteiger partial charge in [-0.25, -0.2) is 4.79 Å². The molecule has 0 radical (unpaired) electrons. The molecular formula is C24H21BrClNO3. The zero-order valence-corrected chi connectivity index (χ0v) is 18.8. The number of anilines is 1. The van der Waals surface area contributed by atoms with E-state index in [0.717, 1.165) is 45.4 Å². The molecule has 3 aromatic carbocycles. The third-order valence-corrected chi connectivity index (χ3v) is 6.07. The van der Waals surface area contributed by atoms with E-state index in [1.165, 1.54) is 0 Å². The lowest BCUT2D eigenvalue weighted by Crippen LogP contribution is -2.39. The molecule has 1 aliphatic heterocycles. The molecule has 0 bridgehead atoms. The quantitative estimate of drug-likeness (QED) is 0.401. The summed E-state index contributed by atoms with van der Waals surface area (Å²) in [5.74, 6) is 0.779. The van der Waals surface area contributed by atoms with Gasteiger partial charge in [0, 0.05) is 9.50 Å². The summed E-state index contributed by atoms with van der Waals surface area (Å²) in [7, 11) is 1.64. The summed E-state index contributed by atoms with van der Waals surface area (Å²) in [4.78, 5) is 15.0. The average Bonchev–Trinajstić information content (AvgIpc) is 2.77. The van der Waals surface area contributed by atoms with Crippen molar-refractivity contribution in [3.8, 4) is 5.75 Å². The van der Waals surface area contributed by atoms with Crippen molar-refractivity contribution in [2.45, 2.75) is 25.5 Å². The summed E-state index contributed by atoms with van der Waals surface area (Å²) >= 11 is 9.87. The van der Waals surface area contributed by atoms with Crippen molar-refractivity contribution >= 4 is 39.3 Å².